The van der Waals surface area contributed by atoms with Crippen LogP contribution < -0.4 is 0 Å². The van der Waals surface area contributed by atoms with Crippen LogP contribution in [0.3, 0.4) is 0 Å². The van der Waals surface area contributed by atoms with Crippen molar-refractivity contribution in [2.45, 2.75) is 43.0 Å². The minimum absolute atomic E-state index is 0.0819. The molecule has 0 spiro atoms. The van der Waals surface area contributed by atoms with Gasteiger partial charge in [-0.05, 0) is 32.0 Å². The van der Waals surface area contributed by atoms with E-state index in [0.717, 1.165) is 6.42 Å². The number of fused-ring (bicyclic) bond motifs is 2. The van der Waals surface area contributed by atoms with Gasteiger partial charge in [0.2, 0.25) is 9.84 Å². The second-order valence-electron chi connectivity index (χ2n) is 6.90. The monoisotopic (exact) mass is 391 g/mol. The zero-order valence-corrected chi connectivity index (χ0v) is 15.0. The number of ether oxygens (including phenoxy) is 1. The molecule has 2 aliphatic heterocycles. The van der Waals surface area contributed by atoms with Crippen molar-refractivity contribution in [2.24, 2.45) is 5.92 Å². The van der Waals surface area contributed by atoms with Crippen LogP contribution in [-0.2, 0) is 14.6 Å². The zero-order chi connectivity index (χ0) is 19.1. The Balaban J connectivity index is 1.83. The molecule has 2 aliphatic rings. The number of nitrogens with zero attached hydrogens (tertiary/aromatic N) is 1. The second kappa shape index (κ2) is 6.84. The number of carbonyl (C=O) groups is 1. The van der Waals surface area contributed by atoms with E-state index < -0.39 is 39.1 Å². The minimum atomic E-state index is -5.31. The van der Waals surface area contributed by atoms with Crippen molar-refractivity contribution in [1.29, 1.82) is 0 Å². The van der Waals surface area contributed by atoms with Crippen molar-refractivity contribution in [2.75, 3.05) is 12.8 Å². The summed E-state index contributed by atoms with van der Waals surface area (Å²) in [7, 11) is -3.51. The molecule has 3 rings (SSSR count). The van der Waals surface area contributed by atoms with Crippen molar-refractivity contribution >= 4 is 15.8 Å². The van der Waals surface area contributed by atoms with Crippen LogP contribution in [0.4, 0.5) is 13.2 Å². The second-order valence-corrected chi connectivity index (χ2v) is 8.93. The third-order valence-electron chi connectivity index (χ3n) is 5.40. The van der Waals surface area contributed by atoms with Crippen molar-refractivity contribution in [3.8, 4) is 0 Å². The third kappa shape index (κ3) is 3.59. The highest BCUT2D eigenvalue weighted by atomic mass is 32.2. The Kier molecular flexibility index (Phi) is 5.04. The SMILES string of the molecule is CN1C2CCC1C(CS(=O)(=O)C(F)(F)F)C(OC(=O)c1ccccc1)C2. The van der Waals surface area contributed by atoms with E-state index in [-0.39, 0.29) is 17.6 Å². The number of benzene rings is 1. The molecule has 2 fully saturated rings. The normalized spacial score (nSPS) is 29.5. The standard InChI is InChI=1S/C17H20F3NO4S/c1-21-12-7-8-14(21)13(10-26(23,24)17(18,19)20)15(9-12)25-16(22)11-5-3-2-4-6-11/h2-6,12-15H,7-10H2,1H3. The third-order valence-corrected chi connectivity index (χ3v) is 6.93. The van der Waals surface area contributed by atoms with Crippen LogP contribution in [0.2, 0.25) is 0 Å². The minimum Gasteiger partial charge on any atom is -0.458 e. The highest BCUT2D eigenvalue weighted by Crippen LogP contribution is 2.41. The lowest BCUT2D eigenvalue weighted by atomic mass is 9.89. The molecule has 1 aromatic carbocycles. The van der Waals surface area contributed by atoms with E-state index in [1.165, 1.54) is 0 Å². The predicted molar refractivity (Wildman–Crippen MR) is 88.2 cm³/mol. The molecular formula is C17H20F3NO4S. The van der Waals surface area contributed by atoms with Gasteiger partial charge < -0.3 is 4.74 Å². The summed E-state index contributed by atoms with van der Waals surface area (Å²) in [5, 5.41) is 0. The molecule has 0 aromatic heterocycles. The summed E-state index contributed by atoms with van der Waals surface area (Å²) in [6, 6.07) is 7.87. The van der Waals surface area contributed by atoms with Crippen molar-refractivity contribution in [3.63, 3.8) is 0 Å². The number of alkyl halides is 3. The Morgan fingerprint density at radius 2 is 1.88 bits per heavy atom. The first-order chi connectivity index (χ1) is 12.1. The van der Waals surface area contributed by atoms with Gasteiger partial charge >= 0.3 is 11.5 Å². The van der Waals surface area contributed by atoms with E-state index in [1.807, 2.05) is 4.90 Å². The highest BCUT2D eigenvalue weighted by molar-refractivity contribution is 7.92. The molecule has 0 radical (unpaired) electrons. The topological polar surface area (TPSA) is 63.7 Å². The van der Waals surface area contributed by atoms with Gasteiger partial charge in [0, 0.05) is 24.4 Å². The highest BCUT2D eigenvalue weighted by Gasteiger charge is 2.53. The van der Waals surface area contributed by atoms with Gasteiger partial charge in [-0.3, -0.25) is 4.90 Å². The van der Waals surface area contributed by atoms with Crippen LogP contribution in [0.15, 0.2) is 30.3 Å². The van der Waals surface area contributed by atoms with E-state index >= 15 is 0 Å². The van der Waals surface area contributed by atoms with E-state index in [4.69, 9.17) is 4.74 Å². The Bertz CT molecular complexity index is 766. The molecule has 4 unspecified atom stereocenters. The van der Waals surface area contributed by atoms with Crippen LogP contribution in [0.1, 0.15) is 29.6 Å². The summed E-state index contributed by atoms with van der Waals surface area (Å²) in [6.07, 6.45) is 0.833. The number of rotatable bonds is 4. The van der Waals surface area contributed by atoms with Crippen molar-refractivity contribution < 1.29 is 31.1 Å². The quantitative estimate of drug-likeness (QED) is 0.739. The maximum Gasteiger partial charge on any atom is 0.497 e. The lowest BCUT2D eigenvalue weighted by molar-refractivity contribution is -0.0477. The van der Waals surface area contributed by atoms with Gasteiger partial charge in [-0.15, -0.1) is 0 Å². The van der Waals surface area contributed by atoms with Gasteiger partial charge in [-0.25, -0.2) is 13.2 Å². The molecule has 5 nitrogen and oxygen atoms in total. The smallest absolute Gasteiger partial charge is 0.458 e. The van der Waals surface area contributed by atoms with Crippen LogP contribution in [0, 0.1) is 5.92 Å². The zero-order valence-electron chi connectivity index (χ0n) is 14.1. The Morgan fingerprint density at radius 3 is 2.50 bits per heavy atom. The largest absolute Gasteiger partial charge is 0.497 e. The van der Waals surface area contributed by atoms with Crippen LogP contribution >= 0.6 is 0 Å². The molecule has 2 heterocycles. The number of sulfone groups is 1. The Hall–Kier alpha value is -1.61. The van der Waals surface area contributed by atoms with Gasteiger partial charge in [0.1, 0.15) is 6.10 Å². The summed E-state index contributed by atoms with van der Waals surface area (Å²) in [6.45, 7) is 0. The van der Waals surface area contributed by atoms with Gasteiger partial charge in [0.15, 0.2) is 0 Å². The number of esters is 1. The summed E-state index contributed by atoms with van der Waals surface area (Å²) < 4.78 is 67.5. The van der Waals surface area contributed by atoms with Gasteiger partial charge in [0.25, 0.3) is 0 Å². The maximum absolute atomic E-state index is 12.9. The number of piperidine rings is 1. The summed E-state index contributed by atoms with van der Waals surface area (Å²) in [4.78, 5) is 14.2. The maximum atomic E-state index is 12.9. The van der Waals surface area contributed by atoms with Gasteiger partial charge in [-0.2, -0.15) is 13.2 Å². The van der Waals surface area contributed by atoms with Gasteiger partial charge in [0.05, 0.1) is 11.3 Å². The number of halogens is 3. The predicted octanol–water partition coefficient (Wildman–Crippen LogP) is 2.63. The lowest BCUT2D eigenvalue weighted by Crippen LogP contribution is -2.53. The molecule has 0 aliphatic carbocycles. The lowest BCUT2D eigenvalue weighted by Gasteiger charge is -2.42. The van der Waals surface area contributed by atoms with Gasteiger partial charge in [-0.1, -0.05) is 18.2 Å². The summed E-state index contributed by atoms with van der Waals surface area (Å²) >= 11 is 0. The number of hydrogen-bond donors (Lipinski definition) is 0. The van der Waals surface area contributed by atoms with Crippen LogP contribution in [-0.4, -0.2) is 55.8 Å². The van der Waals surface area contributed by atoms with E-state index in [2.05, 4.69) is 0 Å². The average molecular weight is 391 g/mol. The average Bonchev–Trinajstić information content (AvgIpc) is 2.82. The molecule has 1 aromatic rings. The molecule has 0 amide bonds. The molecule has 4 atom stereocenters. The summed E-state index contributed by atoms with van der Waals surface area (Å²) in [5.41, 5.74) is -5.02. The molecule has 2 saturated heterocycles. The molecule has 0 saturated carbocycles. The van der Waals surface area contributed by atoms with E-state index in [1.54, 1.807) is 37.4 Å². The van der Waals surface area contributed by atoms with Crippen molar-refractivity contribution in [1.82, 2.24) is 4.90 Å². The molecular weight excluding hydrogens is 371 g/mol. The fourth-order valence-electron chi connectivity index (χ4n) is 4.01. The fourth-order valence-corrected chi connectivity index (χ4v) is 5.15. The van der Waals surface area contributed by atoms with Crippen LogP contribution in [0.25, 0.3) is 0 Å². The Morgan fingerprint density at radius 1 is 1.23 bits per heavy atom. The molecule has 9 heteroatoms. The number of carbonyl (C=O) groups excluding carboxylic acids is 1. The van der Waals surface area contributed by atoms with Crippen LogP contribution in [0.5, 0.6) is 0 Å². The van der Waals surface area contributed by atoms with E-state index in [9.17, 15) is 26.4 Å². The first-order valence-corrected chi connectivity index (χ1v) is 10.0. The van der Waals surface area contributed by atoms with E-state index in [0.29, 0.717) is 12.8 Å². The molecule has 2 bridgehead atoms. The molecule has 26 heavy (non-hydrogen) atoms. The molecule has 0 N–H and O–H groups in total. The first-order valence-electron chi connectivity index (χ1n) is 8.37. The van der Waals surface area contributed by atoms with Crippen molar-refractivity contribution in [3.05, 3.63) is 35.9 Å². The molecule has 144 valence electrons. The Labute approximate surface area is 150 Å². The number of hydrogen-bond acceptors (Lipinski definition) is 5. The first kappa shape index (κ1) is 19.2. The fraction of sp³-hybridized carbons (Fsp3) is 0.588. The summed E-state index contributed by atoms with van der Waals surface area (Å²) in [5.74, 6) is -2.61.